The third-order valence-corrected chi connectivity index (χ3v) is 5.51. The third kappa shape index (κ3) is 7.62. The van der Waals surface area contributed by atoms with E-state index < -0.39 is 29.9 Å². The van der Waals surface area contributed by atoms with Crippen molar-refractivity contribution in [3.8, 4) is 5.75 Å². The summed E-state index contributed by atoms with van der Waals surface area (Å²) >= 11 is 0. The Balaban J connectivity index is 1.60. The average Bonchev–Trinajstić information content (AvgIpc) is 2.89. The van der Waals surface area contributed by atoms with Gasteiger partial charge in [-0.15, -0.1) is 0 Å². The number of nitrogens with zero attached hydrogens (tertiary/aromatic N) is 1. The lowest BCUT2D eigenvalue weighted by Crippen LogP contribution is -2.46. The highest BCUT2D eigenvalue weighted by atomic mass is 16.5. The molecule has 3 rings (SSSR count). The largest absolute Gasteiger partial charge is 0.467 e. The molecule has 2 N–H and O–H groups in total. The zero-order valence-electron chi connectivity index (χ0n) is 19.7. The number of piperazine rings is 1. The second-order valence-electron chi connectivity index (χ2n) is 8.00. The molecule has 1 heterocycles. The van der Waals surface area contributed by atoms with E-state index >= 15 is 0 Å². The molecule has 1 fully saturated rings. The lowest BCUT2D eigenvalue weighted by atomic mass is 10.1. The number of hydrogen-bond acceptors (Lipinski definition) is 9. The van der Waals surface area contributed by atoms with E-state index in [1.54, 1.807) is 30.3 Å². The van der Waals surface area contributed by atoms with Gasteiger partial charge in [-0.1, -0.05) is 24.3 Å². The number of carbonyl (C=O) groups is 4. The molecule has 10 heteroatoms. The summed E-state index contributed by atoms with van der Waals surface area (Å²) in [7, 11) is 2.25. The summed E-state index contributed by atoms with van der Waals surface area (Å²) in [4.78, 5) is 50.2. The molecule has 0 saturated carbocycles. The maximum atomic E-state index is 12.7. The highest BCUT2D eigenvalue weighted by Crippen LogP contribution is 2.17. The van der Waals surface area contributed by atoms with Crippen LogP contribution in [0.5, 0.6) is 5.75 Å². The highest BCUT2D eigenvalue weighted by molar-refractivity contribution is 6.32. The van der Waals surface area contributed by atoms with Gasteiger partial charge < -0.3 is 24.8 Å². The van der Waals surface area contributed by atoms with Crippen molar-refractivity contribution >= 4 is 23.8 Å². The zero-order valence-corrected chi connectivity index (χ0v) is 19.7. The number of hydrogen-bond donors (Lipinski definition) is 2. The molecule has 186 valence electrons. The zero-order chi connectivity index (χ0) is 25.2. The number of carbonyl (C=O) groups excluding carboxylic acids is 4. The van der Waals surface area contributed by atoms with E-state index in [1.165, 1.54) is 7.11 Å². The van der Waals surface area contributed by atoms with Crippen molar-refractivity contribution in [1.29, 1.82) is 0 Å². The number of esters is 3. The van der Waals surface area contributed by atoms with Crippen molar-refractivity contribution < 1.29 is 33.4 Å². The Labute approximate surface area is 203 Å². The number of methoxy groups -OCH3 is 2. The van der Waals surface area contributed by atoms with E-state index in [4.69, 9.17) is 9.47 Å². The van der Waals surface area contributed by atoms with E-state index in [1.807, 2.05) is 18.2 Å². The monoisotopic (exact) mass is 483 g/mol. The first-order valence-corrected chi connectivity index (χ1v) is 11.2. The molecule has 1 aliphatic heterocycles. The molecule has 0 bridgehead atoms. The molecule has 1 amide bonds. The Hall–Kier alpha value is -3.76. The van der Waals surface area contributed by atoms with Gasteiger partial charge in [0.2, 0.25) is 0 Å². The van der Waals surface area contributed by atoms with Crippen molar-refractivity contribution in [2.24, 2.45) is 0 Å². The number of amides is 1. The molecule has 35 heavy (non-hydrogen) atoms. The van der Waals surface area contributed by atoms with Gasteiger partial charge in [-0.2, -0.15) is 0 Å². The van der Waals surface area contributed by atoms with Crippen LogP contribution in [-0.2, 0) is 36.8 Å². The van der Waals surface area contributed by atoms with Gasteiger partial charge >= 0.3 is 23.8 Å². The maximum Gasteiger partial charge on any atom is 0.396 e. The quantitative estimate of drug-likeness (QED) is 0.317. The van der Waals surface area contributed by atoms with Gasteiger partial charge in [0.15, 0.2) is 0 Å². The fourth-order valence-electron chi connectivity index (χ4n) is 3.66. The lowest BCUT2D eigenvalue weighted by molar-refractivity contribution is -0.154. The van der Waals surface area contributed by atoms with E-state index in [0.717, 1.165) is 45.4 Å². The van der Waals surface area contributed by atoms with Gasteiger partial charge in [-0.05, 0) is 35.4 Å². The molecule has 0 aliphatic carbocycles. The fourth-order valence-corrected chi connectivity index (χ4v) is 3.66. The average molecular weight is 484 g/mol. The SMILES string of the molecule is COC(=O)C(=O)N[C@H](Cc1ccc(OC(=O)c2cccc(CN3CCNCC3)c2)cc1)C(=O)OC. The van der Waals surface area contributed by atoms with Crippen LogP contribution in [0.3, 0.4) is 0 Å². The Bertz CT molecular complexity index is 1050. The normalized spacial score (nSPS) is 14.5. The summed E-state index contributed by atoms with van der Waals surface area (Å²) in [6.45, 7) is 4.60. The van der Waals surface area contributed by atoms with Crippen LogP contribution in [0.25, 0.3) is 0 Å². The van der Waals surface area contributed by atoms with Crippen LogP contribution in [0.1, 0.15) is 21.5 Å². The molecule has 0 radical (unpaired) electrons. The Kier molecular flexibility index (Phi) is 9.33. The van der Waals surface area contributed by atoms with Crippen molar-refractivity contribution in [3.05, 3.63) is 65.2 Å². The Morgan fingerprint density at radius 3 is 2.34 bits per heavy atom. The van der Waals surface area contributed by atoms with E-state index in [-0.39, 0.29) is 6.42 Å². The van der Waals surface area contributed by atoms with E-state index in [9.17, 15) is 19.2 Å². The van der Waals surface area contributed by atoms with Gasteiger partial charge in [-0.3, -0.25) is 9.69 Å². The molecule has 0 aromatic heterocycles. The standard InChI is InChI=1S/C25H29N3O7/c1-33-24(31)21(27-22(29)25(32)34-2)15-17-6-8-20(9-7-17)35-23(30)19-5-3-4-18(14-19)16-28-12-10-26-11-13-28/h3-9,14,21,26H,10-13,15-16H2,1-2H3,(H,27,29)/t21-/m1/s1. The minimum Gasteiger partial charge on any atom is -0.467 e. The first kappa shape index (κ1) is 25.9. The fraction of sp³-hybridized carbons (Fsp3) is 0.360. The number of ether oxygens (including phenoxy) is 3. The summed E-state index contributed by atoms with van der Waals surface area (Å²) in [5, 5.41) is 5.61. The molecule has 2 aromatic carbocycles. The minimum absolute atomic E-state index is 0.0672. The molecule has 0 unspecified atom stereocenters. The van der Waals surface area contributed by atoms with Gasteiger partial charge in [0, 0.05) is 39.1 Å². The predicted molar refractivity (Wildman–Crippen MR) is 126 cm³/mol. The van der Waals surface area contributed by atoms with Crippen LogP contribution in [0.15, 0.2) is 48.5 Å². The molecule has 0 spiro atoms. The summed E-state index contributed by atoms with van der Waals surface area (Å²) in [5.74, 6) is -3.01. The van der Waals surface area contributed by atoms with E-state index in [0.29, 0.717) is 16.9 Å². The lowest BCUT2D eigenvalue weighted by Gasteiger charge is -2.27. The number of benzene rings is 2. The second kappa shape index (κ2) is 12.6. The van der Waals surface area contributed by atoms with Crippen molar-refractivity contribution in [2.45, 2.75) is 19.0 Å². The molecule has 1 atom stereocenters. The maximum absolute atomic E-state index is 12.7. The van der Waals surface area contributed by atoms with Crippen LogP contribution in [0.2, 0.25) is 0 Å². The van der Waals surface area contributed by atoms with Crippen molar-refractivity contribution in [3.63, 3.8) is 0 Å². The first-order valence-electron chi connectivity index (χ1n) is 11.2. The van der Waals surface area contributed by atoms with Crippen LogP contribution in [0, 0.1) is 0 Å². The molecular formula is C25H29N3O7. The predicted octanol–water partition coefficient (Wildman–Crippen LogP) is 0.684. The van der Waals surface area contributed by atoms with Gasteiger partial charge in [-0.25, -0.2) is 14.4 Å². The second-order valence-corrected chi connectivity index (χ2v) is 8.00. The number of rotatable bonds is 8. The van der Waals surface area contributed by atoms with Gasteiger partial charge in [0.05, 0.1) is 19.8 Å². The van der Waals surface area contributed by atoms with Crippen molar-refractivity contribution in [2.75, 3.05) is 40.4 Å². The van der Waals surface area contributed by atoms with Crippen molar-refractivity contribution in [1.82, 2.24) is 15.5 Å². The molecular weight excluding hydrogens is 454 g/mol. The van der Waals surface area contributed by atoms with Crippen LogP contribution in [0.4, 0.5) is 0 Å². The highest BCUT2D eigenvalue weighted by Gasteiger charge is 2.25. The molecule has 10 nitrogen and oxygen atoms in total. The van der Waals surface area contributed by atoms with Gasteiger partial charge in [0.25, 0.3) is 0 Å². The molecule has 1 saturated heterocycles. The summed E-state index contributed by atoms with van der Waals surface area (Å²) in [6, 6.07) is 12.8. The summed E-state index contributed by atoms with van der Waals surface area (Å²) in [5.41, 5.74) is 2.15. The number of nitrogens with one attached hydrogen (secondary N) is 2. The minimum atomic E-state index is -1.11. The first-order chi connectivity index (χ1) is 16.9. The Morgan fingerprint density at radius 1 is 0.971 bits per heavy atom. The molecule has 2 aromatic rings. The summed E-state index contributed by atoms with van der Waals surface area (Å²) in [6.07, 6.45) is 0.0672. The van der Waals surface area contributed by atoms with Crippen LogP contribution in [-0.4, -0.2) is 75.2 Å². The Morgan fingerprint density at radius 2 is 1.69 bits per heavy atom. The van der Waals surface area contributed by atoms with E-state index in [2.05, 4.69) is 20.3 Å². The molecule has 1 aliphatic rings. The summed E-state index contributed by atoms with van der Waals surface area (Å²) < 4.78 is 14.6. The third-order valence-electron chi connectivity index (χ3n) is 5.51. The smallest absolute Gasteiger partial charge is 0.396 e. The topological polar surface area (TPSA) is 123 Å². The van der Waals surface area contributed by atoms with Gasteiger partial charge in [0.1, 0.15) is 11.8 Å². The van der Waals surface area contributed by atoms with Crippen LogP contribution < -0.4 is 15.4 Å². The van der Waals surface area contributed by atoms with Crippen LogP contribution >= 0.6 is 0 Å².